The molecule has 0 aliphatic carbocycles. The highest BCUT2D eigenvalue weighted by Crippen LogP contribution is 2.14. The first-order chi connectivity index (χ1) is 7.24. The van der Waals surface area contributed by atoms with Gasteiger partial charge in [0.1, 0.15) is 0 Å². The number of urea groups is 1. The van der Waals surface area contributed by atoms with E-state index in [9.17, 15) is 4.79 Å². The van der Waals surface area contributed by atoms with Crippen LogP contribution in [-0.2, 0) is 4.74 Å². The number of nitrogens with one attached hydrogen (secondary N) is 1. The molecule has 2 amide bonds. The van der Waals surface area contributed by atoms with Crippen LogP contribution in [0.15, 0.2) is 0 Å². The van der Waals surface area contributed by atoms with E-state index in [1.165, 1.54) is 6.42 Å². The van der Waals surface area contributed by atoms with E-state index in [2.05, 4.69) is 12.2 Å². The number of likely N-dealkylation sites (tertiary alicyclic amines) is 1. The van der Waals surface area contributed by atoms with E-state index >= 15 is 0 Å². The molecular formula is C11H22N2O2. The summed E-state index contributed by atoms with van der Waals surface area (Å²) in [7, 11) is 1.67. The fraction of sp³-hybridized carbons (Fsp3) is 0.909. The lowest BCUT2D eigenvalue weighted by molar-refractivity contribution is 0.166. The molecule has 0 radical (unpaired) electrons. The maximum atomic E-state index is 11.7. The van der Waals surface area contributed by atoms with Crippen molar-refractivity contribution >= 4 is 6.03 Å². The molecule has 88 valence electrons. The van der Waals surface area contributed by atoms with Gasteiger partial charge in [-0.15, -0.1) is 0 Å². The fourth-order valence-corrected chi connectivity index (χ4v) is 1.90. The Morgan fingerprint density at radius 1 is 1.60 bits per heavy atom. The zero-order chi connectivity index (χ0) is 11.1. The number of amides is 2. The van der Waals surface area contributed by atoms with E-state index in [4.69, 9.17) is 4.74 Å². The number of ether oxygens (including phenoxy) is 1. The number of hydrogen-bond acceptors (Lipinski definition) is 2. The summed E-state index contributed by atoms with van der Waals surface area (Å²) in [6, 6.07) is 0.0812. The maximum absolute atomic E-state index is 11.7. The summed E-state index contributed by atoms with van der Waals surface area (Å²) in [4.78, 5) is 13.6. The standard InChI is InChI=1S/C11H22N2O2/c1-10-5-3-7-13(9-10)11(14)12-6-4-8-15-2/h10H,3-9H2,1-2H3,(H,12,14). The van der Waals surface area contributed by atoms with Crippen LogP contribution in [0.1, 0.15) is 26.2 Å². The second-order valence-electron chi connectivity index (χ2n) is 4.27. The van der Waals surface area contributed by atoms with Crippen molar-refractivity contribution in [2.45, 2.75) is 26.2 Å². The third-order valence-electron chi connectivity index (χ3n) is 2.75. The third kappa shape index (κ3) is 4.51. The zero-order valence-corrected chi connectivity index (χ0v) is 9.79. The summed E-state index contributed by atoms with van der Waals surface area (Å²) in [6.07, 6.45) is 3.26. The average molecular weight is 214 g/mol. The molecule has 1 heterocycles. The van der Waals surface area contributed by atoms with E-state index in [1.807, 2.05) is 4.90 Å². The first kappa shape index (κ1) is 12.3. The van der Waals surface area contributed by atoms with Gasteiger partial charge in [0.25, 0.3) is 0 Å². The number of hydrogen-bond donors (Lipinski definition) is 1. The second-order valence-corrected chi connectivity index (χ2v) is 4.27. The Morgan fingerprint density at radius 2 is 2.40 bits per heavy atom. The molecule has 0 saturated carbocycles. The van der Waals surface area contributed by atoms with Gasteiger partial charge in [0.2, 0.25) is 0 Å². The normalized spacial score (nSPS) is 21.5. The molecule has 0 aromatic carbocycles. The number of carbonyl (C=O) groups excluding carboxylic acids is 1. The van der Waals surface area contributed by atoms with Gasteiger partial charge in [0.05, 0.1) is 0 Å². The van der Waals surface area contributed by atoms with Gasteiger partial charge in [0, 0.05) is 33.4 Å². The molecule has 1 aliphatic rings. The minimum atomic E-state index is 0.0812. The van der Waals surface area contributed by atoms with Crippen LogP contribution in [-0.4, -0.2) is 44.3 Å². The minimum Gasteiger partial charge on any atom is -0.385 e. The van der Waals surface area contributed by atoms with Gasteiger partial charge >= 0.3 is 6.03 Å². The quantitative estimate of drug-likeness (QED) is 0.720. The number of piperidine rings is 1. The topological polar surface area (TPSA) is 41.6 Å². The van der Waals surface area contributed by atoms with Crippen molar-refractivity contribution in [3.05, 3.63) is 0 Å². The first-order valence-electron chi connectivity index (χ1n) is 5.75. The van der Waals surface area contributed by atoms with Gasteiger partial charge in [-0.1, -0.05) is 6.92 Å². The summed E-state index contributed by atoms with van der Waals surface area (Å²) < 4.78 is 4.92. The summed E-state index contributed by atoms with van der Waals surface area (Å²) in [5.41, 5.74) is 0. The van der Waals surface area contributed by atoms with Crippen LogP contribution in [0.25, 0.3) is 0 Å². The largest absolute Gasteiger partial charge is 0.385 e. The number of rotatable bonds is 4. The summed E-state index contributed by atoms with van der Waals surface area (Å²) in [5, 5.41) is 2.91. The average Bonchev–Trinajstić information content (AvgIpc) is 2.24. The number of carbonyl (C=O) groups is 1. The molecule has 0 aromatic heterocycles. The van der Waals surface area contributed by atoms with Crippen LogP contribution in [0, 0.1) is 5.92 Å². The smallest absolute Gasteiger partial charge is 0.317 e. The molecule has 0 bridgehead atoms. The van der Waals surface area contributed by atoms with Crippen LogP contribution in [0.5, 0.6) is 0 Å². The lowest BCUT2D eigenvalue weighted by Crippen LogP contribution is -2.45. The minimum absolute atomic E-state index is 0.0812. The lowest BCUT2D eigenvalue weighted by Gasteiger charge is -2.30. The highest BCUT2D eigenvalue weighted by atomic mass is 16.5. The third-order valence-corrected chi connectivity index (χ3v) is 2.75. The predicted octanol–water partition coefficient (Wildman–Crippen LogP) is 1.46. The van der Waals surface area contributed by atoms with E-state index in [0.29, 0.717) is 19.1 Å². The van der Waals surface area contributed by atoms with Gasteiger partial charge < -0.3 is 15.0 Å². The predicted molar refractivity (Wildman–Crippen MR) is 59.9 cm³/mol. The lowest BCUT2D eigenvalue weighted by atomic mass is 10.0. The fourth-order valence-electron chi connectivity index (χ4n) is 1.90. The van der Waals surface area contributed by atoms with Crippen molar-refractivity contribution in [3.8, 4) is 0 Å². The molecule has 1 rings (SSSR count). The summed E-state index contributed by atoms with van der Waals surface area (Å²) in [5.74, 6) is 0.642. The molecule has 1 fully saturated rings. The van der Waals surface area contributed by atoms with Crippen LogP contribution in [0.2, 0.25) is 0 Å². The second kappa shape index (κ2) is 6.67. The van der Waals surface area contributed by atoms with Crippen molar-refractivity contribution < 1.29 is 9.53 Å². The molecule has 4 heteroatoms. The van der Waals surface area contributed by atoms with E-state index in [1.54, 1.807) is 7.11 Å². The van der Waals surface area contributed by atoms with Crippen molar-refractivity contribution in [3.63, 3.8) is 0 Å². The molecular weight excluding hydrogens is 192 g/mol. The summed E-state index contributed by atoms with van der Waals surface area (Å²) >= 11 is 0. The SMILES string of the molecule is COCCCNC(=O)N1CCCC(C)C1. The molecule has 1 N–H and O–H groups in total. The molecule has 1 aliphatic heterocycles. The Bertz CT molecular complexity index is 197. The van der Waals surface area contributed by atoms with E-state index in [0.717, 1.165) is 25.9 Å². The van der Waals surface area contributed by atoms with E-state index < -0.39 is 0 Å². The van der Waals surface area contributed by atoms with Crippen LogP contribution < -0.4 is 5.32 Å². The van der Waals surface area contributed by atoms with E-state index in [-0.39, 0.29) is 6.03 Å². The van der Waals surface area contributed by atoms with Crippen molar-refractivity contribution in [1.82, 2.24) is 10.2 Å². The van der Waals surface area contributed by atoms with Gasteiger partial charge in [-0.05, 0) is 25.2 Å². The summed E-state index contributed by atoms with van der Waals surface area (Å²) in [6.45, 7) is 5.41. The van der Waals surface area contributed by atoms with Gasteiger partial charge in [-0.3, -0.25) is 0 Å². The Balaban J connectivity index is 2.15. The van der Waals surface area contributed by atoms with Gasteiger partial charge in [-0.25, -0.2) is 4.79 Å². The molecule has 4 nitrogen and oxygen atoms in total. The van der Waals surface area contributed by atoms with Crippen molar-refractivity contribution in [2.24, 2.45) is 5.92 Å². The molecule has 0 spiro atoms. The molecule has 1 atom stereocenters. The van der Waals surface area contributed by atoms with Crippen LogP contribution >= 0.6 is 0 Å². The van der Waals surface area contributed by atoms with Crippen LogP contribution in [0.4, 0.5) is 4.79 Å². The first-order valence-corrected chi connectivity index (χ1v) is 5.75. The molecule has 1 saturated heterocycles. The highest BCUT2D eigenvalue weighted by molar-refractivity contribution is 5.74. The Kier molecular flexibility index (Phi) is 5.47. The van der Waals surface area contributed by atoms with Crippen molar-refractivity contribution in [1.29, 1.82) is 0 Å². The van der Waals surface area contributed by atoms with Crippen LogP contribution in [0.3, 0.4) is 0 Å². The monoisotopic (exact) mass is 214 g/mol. The molecule has 15 heavy (non-hydrogen) atoms. The van der Waals surface area contributed by atoms with Gasteiger partial charge in [-0.2, -0.15) is 0 Å². The van der Waals surface area contributed by atoms with Gasteiger partial charge in [0.15, 0.2) is 0 Å². The number of methoxy groups -OCH3 is 1. The number of nitrogens with zero attached hydrogens (tertiary/aromatic N) is 1. The maximum Gasteiger partial charge on any atom is 0.317 e. The Hall–Kier alpha value is -0.770. The van der Waals surface area contributed by atoms with Crippen molar-refractivity contribution in [2.75, 3.05) is 33.4 Å². The molecule has 1 unspecified atom stereocenters. The Morgan fingerprint density at radius 3 is 3.07 bits per heavy atom. The zero-order valence-electron chi connectivity index (χ0n) is 9.79. The Labute approximate surface area is 92.0 Å². The molecule has 0 aromatic rings. The highest BCUT2D eigenvalue weighted by Gasteiger charge is 2.20.